The fourth-order valence-electron chi connectivity index (χ4n) is 4.10. The Bertz CT molecular complexity index is 1350. The van der Waals surface area contributed by atoms with Crippen LogP contribution in [-0.2, 0) is 26.2 Å². The molecule has 2 amide bonds. The molecule has 0 spiro atoms. The van der Waals surface area contributed by atoms with Gasteiger partial charge in [0.15, 0.2) is 0 Å². The molecule has 0 radical (unpaired) electrons. The molecule has 3 aromatic rings. The lowest BCUT2D eigenvalue weighted by molar-refractivity contribution is -0.140. The lowest BCUT2D eigenvalue weighted by Gasteiger charge is -2.33. The number of benzene rings is 3. The topological polar surface area (TPSA) is 86.8 Å². The number of carbonyl (C=O) groups is 2. The zero-order valence-corrected chi connectivity index (χ0v) is 24.4. The zero-order chi connectivity index (χ0) is 28.6. The van der Waals surface area contributed by atoms with Crippen LogP contribution in [0.2, 0.25) is 5.02 Å². The third-order valence-corrected chi connectivity index (χ3v) is 8.31. The lowest BCUT2D eigenvalue weighted by Crippen LogP contribution is -2.52. The maximum absolute atomic E-state index is 14.0. The first-order chi connectivity index (χ1) is 18.5. The van der Waals surface area contributed by atoms with Gasteiger partial charge in [0.05, 0.1) is 10.6 Å². The van der Waals surface area contributed by atoms with Crippen molar-refractivity contribution < 1.29 is 18.0 Å². The van der Waals surface area contributed by atoms with Gasteiger partial charge in [-0.3, -0.25) is 13.9 Å². The molecule has 0 saturated carbocycles. The molecule has 9 heteroatoms. The van der Waals surface area contributed by atoms with Crippen molar-refractivity contribution in [2.75, 3.05) is 17.4 Å². The van der Waals surface area contributed by atoms with Gasteiger partial charge >= 0.3 is 0 Å². The Hall–Kier alpha value is -3.36. The minimum Gasteiger partial charge on any atom is -0.354 e. The number of sulfonamides is 1. The number of halogens is 1. The molecule has 3 aromatic carbocycles. The second kappa shape index (κ2) is 13.6. The molecule has 0 unspecified atom stereocenters. The van der Waals surface area contributed by atoms with Crippen molar-refractivity contribution in [1.82, 2.24) is 10.2 Å². The van der Waals surface area contributed by atoms with Crippen molar-refractivity contribution >= 4 is 39.1 Å². The number of rotatable bonds is 12. The van der Waals surface area contributed by atoms with Crippen LogP contribution in [0.3, 0.4) is 0 Å². The van der Waals surface area contributed by atoms with E-state index in [1.165, 1.54) is 29.2 Å². The molecule has 0 saturated heterocycles. The molecule has 1 N–H and O–H groups in total. The van der Waals surface area contributed by atoms with Gasteiger partial charge in [-0.05, 0) is 61.2 Å². The Labute approximate surface area is 236 Å². The summed E-state index contributed by atoms with van der Waals surface area (Å²) in [5, 5.41) is 3.33. The van der Waals surface area contributed by atoms with Crippen LogP contribution in [-0.4, -0.2) is 44.3 Å². The van der Waals surface area contributed by atoms with Gasteiger partial charge in [0.2, 0.25) is 11.8 Å². The number of aryl methyl sites for hydroxylation is 1. The molecular weight excluding hydrogens is 534 g/mol. The molecule has 0 aliphatic carbocycles. The summed E-state index contributed by atoms with van der Waals surface area (Å²) in [5.74, 6) is -0.507. The number of anilines is 1. The van der Waals surface area contributed by atoms with Gasteiger partial charge < -0.3 is 10.2 Å². The minimum atomic E-state index is -4.13. The van der Waals surface area contributed by atoms with Crippen LogP contribution < -0.4 is 9.62 Å². The summed E-state index contributed by atoms with van der Waals surface area (Å²) < 4.78 is 28.7. The predicted molar refractivity (Wildman–Crippen MR) is 156 cm³/mol. The summed E-state index contributed by atoms with van der Waals surface area (Å²) >= 11 is 6.00. The second-order valence-electron chi connectivity index (χ2n) is 9.87. The number of nitrogens with zero attached hydrogens (tertiary/aromatic N) is 2. The van der Waals surface area contributed by atoms with E-state index in [9.17, 15) is 18.0 Å². The van der Waals surface area contributed by atoms with E-state index < -0.39 is 28.5 Å². The predicted octanol–water partition coefficient (Wildman–Crippen LogP) is 5.42. The highest BCUT2D eigenvalue weighted by Crippen LogP contribution is 2.26. The first kappa shape index (κ1) is 30.2. The fraction of sp³-hybridized carbons (Fsp3) is 0.333. The zero-order valence-electron chi connectivity index (χ0n) is 22.8. The summed E-state index contributed by atoms with van der Waals surface area (Å²) in [6, 6.07) is 21.3. The number of hydrogen-bond donors (Lipinski definition) is 1. The molecule has 7 nitrogen and oxygen atoms in total. The van der Waals surface area contributed by atoms with Crippen LogP contribution in [0.1, 0.15) is 38.3 Å². The number of amides is 2. The summed E-state index contributed by atoms with van der Waals surface area (Å²) in [6.07, 6.45) is 0.372. The first-order valence-electron chi connectivity index (χ1n) is 13.0. The molecule has 0 heterocycles. The summed E-state index contributed by atoms with van der Waals surface area (Å²) in [5.41, 5.74) is 2.14. The molecule has 3 rings (SSSR count). The van der Waals surface area contributed by atoms with Crippen molar-refractivity contribution in [3.8, 4) is 0 Å². The standard InChI is InChI=1S/C30H36ClN3O4S/c1-5-28(30(36)32-19-22(2)3)33(20-24-9-7-6-8-10-24)29(35)21-34(26-15-11-23(4)12-16-26)39(37,38)27-17-13-25(31)14-18-27/h6-18,22,28H,5,19-21H2,1-4H3,(H,32,36)/t28-/m0/s1. The maximum Gasteiger partial charge on any atom is 0.264 e. The van der Waals surface area contributed by atoms with E-state index in [1.807, 2.05) is 58.0 Å². The highest BCUT2D eigenvalue weighted by Gasteiger charge is 2.33. The van der Waals surface area contributed by atoms with E-state index in [0.29, 0.717) is 23.7 Å². The summed E-state index contributed by atoms with van der Waals surface area (Å²) in [6.45, 7) is 7.89. The Morgan fingerprint density at radius 3 is 2.10 bits per heavy atom. The van der Waals surface area contributed by atoms with Gasteiger partial charge in [-0.2, -0.15) is 0 Å². The molecule has 208 valence electrons. The van der Waals surface area contributed by atoms with Crippen molar-refractivity contribution in [3.05, 3.63) is 95.0 Å². The second-order valence-corrected chi connectivity index (χ2v) is 12.2. The van der Waals surface area contributed by atoms with Crippen LogP contribution >= 0.6 is 11.6 Å². The molecule has 39 heavy (non-hydrogen) atoms. The summed E-state index contributed by atoms with van der Waals surface area (Å²) in [7, 11) is -4.13. The van der Waals surface area contributed by atoms with Gasteiger partial charge in [0, 0.05) is 18.1 Å². The van der Waals surface area contributed by atoms with E-state index in [0.717, 1.165) is 15.4 Å². The largest absolute Gasteiger partial charge is 0.354 e. The molecule has 0 fully saturated rings. The normalized spacial score (nSPS) is 12.2. The van der Waals surface area contributed by atoms with Crippen LogP contribution in [0.5, 0.6) is 0 Å². The van der Waals surface area contributed by atoms with Crippen molar-refractivity contribution in [3.63, 3.8) is 0 Å². The smallest absolute Gasteiger partial charge is 0.264 e. The molecular formula is C30H36ClN3O4S. The van der Waals surface area contributed by atoms with Gasteiger partial charge in [0.1, 0.15) is 12.6 Å². The van der Waals surface area contributed by atoms with Crippen molar-refractivity contribution in [1.29, 1.82) is 0 Å². The van der Waals surface area contributed by atoms with Gasteiger partial charge in [-0.15, -0.1) is 0 Å². The van der Waals surface area contributed by atoms with E-state index in [-0.39, 0.29) is 23.3 Å². The van der Waals surface area contributed by atoms with Crippen LogP contribution in [0.4, 0.5) is 5.69 Å². The Kier molecular flexibility index (Phi) is 10.5. The van der Waals surface area contributed by atoms with Gasteiger partial charge in [0.25, 0.3) is 10.0 Å². The van der Waals surface area contributed by atoms with E-state index in [1.54, 1.807) is 24.3 Å². The van der Waals surface area contributed by atoms with Crippen molar-refractivity contribution in [2.45, 2.75) is 51.6 Å². The highest BCUT2D eigenvalue weighted by molar-refractivity contribution is 7.92. The third kappa shape index (κ3) is 8.07. The molecule has 0 aromatic heterocycles. The van der Waals surface area contributed by atoms with Crippen LogP contribution in [0.15, 0.2) is 83.8 Å². The Morgan fingerprint density at radius 2 is 1.54 bits per heavy atom. The quantitative estimate of drug-likeness (QED) is 0.315. The van der Waals surface area contributed by atoms with E-state index >= 15 is 0 Å². The monoisotopic (exact) mass is 569 g/mol. The van der Waals surface area contributed by atoms with Crippen LogP contribution in [0, 0.1) is 12.8 Å². The maximum atomic E-state index is 14.0. The van der Waals surface area contributed by atoms with Gasteiger partial charge in [-0.1, -0.05) is 80.4 Å². The highest BCUT2D eigenvalue weighted by atomic mass is 35.5. The lowest BCUT2D eigenvalue weighted by atomic mass is 10.1. The molecule has 1 atom stereocenters. The number of carbonyl (C=O) groups excluding carboxylic acids is 2. The van der Waals surface area contributed by atoms with Gasteiger partial charge in [-0.25, -0.2) is 8.42 Å². The molecule has 0 bridgehead atoms. The number of hydrogen-bond acceptors (Lipinski definition) is 4. The van der Waals surface area contributed by atoms with E-state index in [2.05, 4.69) is 5.32 Å². The minimum absolute atomic E-state index is 0.0107. The number of nitrogens with one attached hydrogen (secondary N) is 1. The average molecular weight is 570 g/mol. The van der Waals surface area contributed by atoms with E-state index in [4.69, 9.17) is 11.6 Å². The third-order valence-electron chi connectivity index (χ3n) is 6.27. The average Bonchev–Trinajstić information content (AvgIpc) is 2.91. The molecule has 0 aliphatic heterocycles. The Balaban J connectivity index is 2.02. The molecule has 0 aliphatic rings. The first-order valence-corrected chi connectivity index (χ1v) is 14.8. The summed E-state index contributed by atoms with van der Waals surface area (Å²) in [4.78, 5) is 28.7. The van der Waals surface area contributed by atoms with Crippen LogP contribution in [0.25, 0.3) is 0 Å². The fourth-order valence-corrected chi connectivity index (χ4v) is 5.64. The SMILES string of the molecule is CC[C@@H](C(=O)NCC(C)C)N(Cc1ccccc1)C(=O)CN(c1ccc(C)cc1)S(=O)(=O)c1ccc(Cl)cc1. The van der Waals surface area contributed by atoms with Crippen molar-refractivity contribution in [2.24, 2.45) is 5.92 Å². The Morgan fingerprint density at radius 1 is 0.923 bits per heavy atom.